The minimum absolute atomic E-state index is 0.0327. The number of aromatic hydroxyl groups is 1. The Hall–Kier alpha value is -2.54. The van der Waals surface area contributed by atoms with Gasteiger partial charge in [-0.15, -0.1) is 0 Å². The number of hydrogen-bond donors (Lipinski definition) is 1. The lowest BCUT2D eigenvalue weighted by molar-refractivity contribution is 0.379. The molecule has 0 saturated heterocycles. The molecular formula is C16H13F3N2O2. The minimum atomic E-state index is -1.53. The molecule has 0 fully saturated rings. The van der Waals surface area contributed by atoms with E-state index in [1.807, 2.05) is 19.0 Å². The van der Waals surface area contributed by atoms with Crippen LogP contribution in [0.5, 0.6) is 5.75 Å². The van der Waals surface area contributed by atoms with E-state index >= 15 is 0 Å². The molecule has 0 amide bonds. The molecule has 7 heteroatoms. The molecule has 0 unspecified atom stereocenters. The van der Waals surface area contributed by atoms with Crippen LogP contribution in [0.3, 0.4) is 0 Å². The lowest BCUT2D eigenvalue weighted by atomic mass is 10.0. The Bertz CT molecular complexity index is 867. The summed E-state index contributed by atoms with van der Waals surface area (Å²) in [5.74, 6) is -4.11. The summed E-state index contributed by atoms with van der Waals surface area (Å²) >= 11 is 0. The van der Waals surface area contributed by atoms with E-state index in [-0.39, 0.29) is 17.0 Å². The normalized spacial score (nSPS) is 11.6. The van der Waals surface area contributed by atoms with E-state index in [2.05, 4.69) is 5.16 Å². The van der Waals surface area contributed by atoms with Crippen LogP contribution in [0, 0.1) is 17.5 Å². The lowest BCUT2D eigenvalue weighted by Crippen LogP contribution is -2.10. The molecule has 1 N–H and O–H groups in total. The van der Waals surface area contributed by atoms with Crippen LogP contribution in [0.15, 0.2) is 28.8 Å². The van der Waals surface area contributed by atoms with Crippen molar-refractivity contribution in [2.24, 2.45) is 0 Å². The van der Waals surface area contributed by atoms with Crippen LogP contribution in [0.4, 0.5) is 13.2 Å². The number of phenols is 1. The number of benzene rings is 2. The Morgan fingerprint density at radius 3 is 2.39 bits per heavy atom. The molecule has 1 aromatic heterocycles. The van der Waals surface area contributed by atoms with Crippen molar-refractivity contribution in [3.8, 4) is 17.0 Å². The first kappa shape index (κ1) is 15.4. The molecule has 0 spiro atoms. The van der Waals surface area contributed by atoms with E-state index in [1.54, 1.807) is 0 Å². The zero-order valence-corrected chi connectivity index (χ0v) is 12.4. The summed E-state index contributed by atoms with van der Waals surface area (Å²) in [6, 6.07) is 4.70. The molecule has 120 valence electrons. The Morgan fingerprint density at radius 1 is 1.13 bits per heavy atom. The molecule has 3 aromatic rings. The van der Waals surface area contributed by atoms with E-state index in [4.69, 9.17) is 4.52 Å². The molecule has 0 aliphatic carbocycles. The van der Waals surface area contributed by atoms with Gasteiger partial charge >= 0.3 is 0 Å². The summed E-state index contributed by atoms with van der Waals surface area (Å²) in [5, 5.41) is 14.3. The highest BCUT2D eigenvalue weighted by atomic mass is 19.2. The van der Waals surface area contributed by atoms with E-state index < -0.39 is 17.5 Å². The van der Waals surface area contributed by atoms with Crippen LogP contribution >= 0.6 is 0 Å². The van der Waals surface area contributed by atoms with E-state index in [9.17, 15) is 18.3 Å². The number of fused-ring (bicyclic) bond motifs is 1. The Labute approximate surface area is 129 Å². The first-order valence-electron chi connectivity index (χ1n) is 6.78. The molecule has 0 saturated carbocycles. The van der Waals surface area contributed by atoms with Gasteiger partial charge in [-0.1, -0.05) is 5.16 Å². The molecule has 1 heterocycles. The molecule has 0 radical (unpaired) electrons. The van der Waals surface area contributed by atoms with Gasteiger partial charge in [-0.3, -0.25) is 0 Å². The average molecular weight is 322 g/mol. The smallest absolute Gasteiger partial charge is 0.194 e. The minimum Gasteiger partial charge on any atom is -0.507 e. The first-order valence-corrected chi connectivity index (χ1v) is 6.78. The summed E-state index contributed by atoms with van der Waals surface area (Å²) in [5.41, 5.74) is 1.06. The van der Waals surface area contributed by atoms with Gasteiger partial charge in [-0.2, -0.15) is 0 Å². The summed E-state index contributed by atoms with van der Waals surface area (Å²) < 4.78 is 45.2. The highest BCUT2D eigenvalue weighted by molar-refractivity contribution is 5.94. The highest BCUT2D eigenvalue weighted by Crippen LogP contribution is 2.35. The predicted octanol–water partition coefficient (Wildman–Crippen LogP) is 3.68. The van der Waals surface area contributed by atoms with Crippen molar-refractivity contribution in [2.75, 3.05) is 14.1 Å². The maximum atomic E-state index is 13.4. The molecule has 0 aliphatic heterocycles. The van der Waals surface area contributed by atoms with Crippen LogP contribution in [-0.4, -0.2) is 29.3 Å². The van der Waals surface area contributed by atoms with Gasteiger partial charge < -0.3 is 14.5 Å². The van der Waals surface area contributed by atoms with E-state index in [0.717, 1.165) is 12.1 Å². The largest absolute Gasteiger partial charge is 0.507 e. The Kier molecular flexibility index (Phi) is 3.73. The monoisotopic (exact) mass is 322 g/mol. The third kappa shape index (κ3) is 2.63. The molecule has 2 aromatic carbocycles. The molecule has 0 bridgehead atoms. The summed E-state index contributed by atoms with van der Waals surface area (Å²) in [4.78, 5) is 1.83. The van der Waals surface area contributed by atoms with Gasteiger partial charge in [0, 0.05) is 12.1 Å². The average Bonchev–Trinajstić information content (AvgIpc) is 2.91. The molecule has 0 atom stereocenters. The van der Waals surface area contributed by atoms with Crippen molar-refractivity contribution in [1.29, 1.82) is 0 Å². The Morgan fingerprint density at radius 2 is 1.78 bits per heavy atom. The highest BCUT2D eigenvalue weighted by Gasteiger charge is 2.19. The third-order valence-electron chi connectivity index (χ3n) is 3.45. The van der Waals surface area contributed by atoms with Gasteiger partial charge in [0.1, 0.15) is 11.4 Å². The van der Waals surface area contributed by atoms with Crippen LogP contribution in [-0.2, 0) is 6.54 Å². The molecule has 0 aliphatic rings. The third-order valence-corrected chi connectivity index (χ3v) is 3.45. The summed E-state index contributed by atoms with van der Waals surface area (Å²) in [6.07, 6.45) is 0. The van der Waals surface area contributed by atoms with Crippen LogP contribution < -0.4 is 0 Å². The number of nitrogens with zero attached hydrogens (tertiary/aromatic N) is 2. The molecule has 4 nitrogen and oxygen atoms in total. The van der Waals surface area contributed by atoms with Crippen molar-refractivity contribution in [2.45, 2.75) is 6.54 Å². The van der Waals surface area contributed by atoms with Gasteiger partial charge in [-0.05, 0) is 38.4 Å². The van der Waals surface area contributed by atoms with E-state index in [1.165, 1.54) is 12.1 Å². The maximum Gasteiger partial charge on any atom is 0.194 e. The van der Waals surface area contributed by atoms with Gasteiger partial charge in [0.2, 0.25) is 0 Å². The topological polar surface area (TPSA) is 49.5 Å². The van der Waals surface area contributed by atoms with Crippen molar-refractivity contribution in [1.82, 2.24) is 10.1 Å². The molecule has 3 rings (SSSR count). The zero-order chi connectivity index (χ0) is 16.7. The zero-order valence-electron chi connectivity index (χ0n) is 12.4. The standard InChI is InChI=1S/C16H13F3N2O2/c1-21(2)7-10-13(22)4-3-9-15(20-23-16(9)10)8-5-11(17)14(19)12(18)6-8/h3-6,22H,7H2,1-2H3. The maximum absolute atomic E-state index is 13.4. The van der Waals surface area contributed by atoms with Crippen molar-refractivity contribution >= 4 is 11.0 Å². The van der Waals surface area contributed by atoms with E-state index in [0.29, 0.717) is 23.1 Å². The quantitative estimate of drug-likeness (QED) is 0.747. The van der Waals surface area contributed by atoms with Crippen LogP contribution in [0.2, 0.25) is 0 Å². The van der Waals surface area contributed by atoms with Gasteiger partial charge in [0.05, 0.1) is 10.9 Å². The second-order valence-electron chi connectivity index (χ2n) is 5.46. The fraction of sp³-hybridized carbons (Fsp3) is 0.188. The van der Waals surface area contributed by atoms with Crippen molar-refractivity contribution in [3.05, 3.63) is 47.3 Å². The summed E-state index contributed by atoms with van der Waals surface area (Å²) in [6.45, 7) is 0.393. The number of rotatable bonds is 3. The molecular weight excluding hydrogens is 309 g/mol. The second kappa shape index (κ2) is 5.58. The number of halogens is 3. The SMILES string of the molecule is CN(C)Cc1c(O)ccc2c(-c3cc(F)c(F)c(F)c3)noc12. The van der Waals surface area contributed by atoms with Crippen LogP contribution in [0.1, 0.15) is 5.56 Å². The summed E-state index contributed by atoms with van der Waals surface area (Å²) in [7, 11) is 3.64. The fourth-order valence-electron chi connectivity index (χ4n) is 2.42. The van der Waals surface area contributed by atoms with Gasteiger partial charge in [-0.25, -0.2) is 13.2 Å². The Balaban J connectivity index is 2.21. The fourth-order valence-corrected chi connectivity index (χ4v) is 2.42. The number of aromatic nitrogens is 1. The van der Waals surface area contributed by atoms with Gasteiger partial charge in [0.15, 0.2) is 23.0 Å². The lowest BCUT2D eigenvalue weighted by Gasteiger charge is -2.11. The molecule has 23 heavy (non-hydrogen) atoms. The predicted molar refractivity (Wildman–Crippen MR) is 78.4 cm³/mol. The number of phenolic OH excluding ortho intramolecular Hbond substituents is 1. The second-order valence-corrected chi connectivity index (χ2v) is 5.46. The number of hydrogen-bond acceptors (Lipinski definition) is 4. The van der Waals surface area contributed by atoms with Crippen molar-refractivity contribution < 1.29 is 22.8 Å². The first-order chi connectivity index (χ1) is 10.9. The van der Waals surface area contributed by atoms with Crippen LogP contribution in [0.25, 0.3) is 22.2 Å². The van der Waals surface area contributed by atoms with Gasteiger partial charge in [0.25, 0.3) is 0 Å². The van der Waals surface area contributed by atoms with Crippen molar-refractivity contribution in [3.63, 3.8) is 0 Å².